The summed E-state index contributed by atoms with van der Waals surface area (Å²) < 4.78 is 8.91. The zero-order valence-corrected chi connectivity index (χ0v) is 15.3. The number of nitrogens with zero attached hydrogens (tertiary/aromatic N) is 5. The fraction of sp³-hybridized carbons (Fsp3) is 0.316. The Morgan fingerprint density at radius 2 is 2.19 bits per heavy atom. The molecule has 0 N–H and O–H groups in total. The Morgan fingerprint density at radius 1 is 1.35 bits per heavy atom. The number of rotatable bonds is 7. The van der Waals surface area contributed by atoms with Crippen LogP contribution in [0.5, 0.6) is 5.75 Å². The second-order valence-electron chi connectivity index (χ2n) is 6.07. The van der Waals surface area contributed by atoms with Gasteiger partial charge in [0.25, 0.3) is 0 Å². The van der Waals surface area contributed by atoms with E-state index in [-0.39, 0.29) is 5.91 Å². The zero-order chi connectivity index (χ0) is 18.5. The second kappa shape index (κ2) is 7.86. The maximum Gasteiger partial charge on any atom is 0.242 e. The SMILES string of the molecule is CCc1nccn1CC(=O)N(C)Cc1cnn(-c2cccc(OC)c2)c1. The van der Waals surface area contributed by atoms with Crippen LogP contribution in [0.2, 0.25) is 0 Å². The summed E-state index contributed by atoms with van der Waals surface area (Å²) in [7, 11) is 3.44. The molecule has 0 saturated carbocycles. The van der Waals surface area contributed by atoms with Gasteiger partial charge in [0.05, 0.1) is 19.0 Å². The van der Waals surface area contributed by atoms with Gasteiger partial charge < -0.3 is 14.2 Å². The molecule has 3 aromatic rings. The number of amides is 1. The third-order valence-electron chi connectivity index (χ3n) is 4.22. The van der Waals surface area contributed by atoms with Crippen molar-refractivity contribution < 1.29 is 9.53 Å². The lowest BCUT2D eigenvalue weighted by Crippen LogP contribution is -2.30. The third kappa shape index (κ3) is 3.93. The summed E-state index contributed by atoms with van der Waals surface area (Å²) in [5, 5.41) is 4.39. The minimum atomic E-state index is 0.0341. The number of hydrogen-bond acceptors (Lipinski definition) is 4. The van der Waals surface area contributed by atoms with E-state index >= 15 is 0 Å². The molecule has 1 aromatic carbocycles. The number of ether oxygens (including phenoxy) is 1. The highest BCUT2D eigenvalue weighted by Gasteiger charge is 2.13. The first-order valence-electron chi connectivity index (χ1n) is 8.52. The Labute approximate surface area is 152 Å². The van der Waals surface area contributed by atoms with Crippen LogP contribution in [0.4, 0.5) is 0 Å². The number of carbonyl (C=O) groups is 1. The molecule has 1 amide bonds. The maximum atomic E-state index is 12.5. The van der Waals surface area contributed by atoms with Crippen molar-refractivity contribution in [3.05, 3.63) is 60.4 Å². The number of likely N-dealkylation sites (N-methyl/N-ethyl adjacent to an activating group) is 1. The first-order valence-corrected chi connectivity index (χ1v) is 8.52. The molecular weight excluding hydrogens is 330 g/mol. The molecule has 136 valence electrons. The third-order valence-corrected chi connectivity index (χ3v) is 4.22. The molecule has 2 heterocycles. The van der Waals surface area contributed by atoms with E-state index < -0.39 is 0 Å². The molecule has 0 saturated heterocycles. The summed E-state index contributed by atoms with van der Waals surface area (Å²) in [6, 6.07) is 7.68. The normalized spacial score (nSPS) is 10.7. The van der Waals surface area contributed by atoms with Crippen molar-refractivity contribution >= 4 is 5.91 Å². The van der Waals surface area contributed by atoms with Gasteiger partial charge in [0, 0.05) is 50.2 Å². The Balaban J connectivity index is 1.65. The van der Waals surface area contributed by atoms with Gasteiger partial charge in [-0.05, 0) is 12.1 Å². The highest BCUT2D eigenvalue weighted by Crippen LogP contribution is 2.16. The predicted molar refractivity (Wildman–Crippen MR) is 98.2 cm³/mol. The highest BCUT2D eigenvalue weighted by molar-refractivity contribution is 5.75. The quantitative estimate of drug-likeness (QED) is 0.654. The maximum absolute atomic E-state index is 12.5. The topological polar surface area (TPSA) is 65.2 Å². The zero-order valence-electron chi connectivity index (χ0n) is 15.3. The molecule has 0 aliphatic heterocycles. The van der Waals surface area contributed by atoms with Crippen LogP contribution in [0.25, 0.3) is 5.69 Å². The number of benzene rings is 1. The smallest absolute Gasteiger partial charge is 0.242 e. The van der Waals surface area contributed by atoms with Crippen LogP contribution in [0.1, 0.15) is 18.3 Å². The minimum Gasteiger partial charge on any atom is -0.497 e. The van der Waals surface area contributed by atoms with Gasteiger partial charge >= 0.3 is 0 Å². The summed E-state index contributed by atoms with van der Waals surface area (Å²) in [4.78, 5) is 18.4. The van der Waals surface area contributed by atoms with Crippen LogP contribution in [0.3, 0.4) is 0 Å². The molecule has 0 aliphatic carbocycles. The lowest BCUT2D eigenvalue weighted by atomic mass is 10.3. The van der Waals surface area contributed by atoms with Gasteiger partial charge in [-0.1, -0.05) is 13.0 Å². The molecule has 0 spiro atoms. The van der Waals surface area contributed by atoms with Gasteiger partial charge in [-0.2, -0.15) is 5.10 Å². The van der Waals surface area contributed by atoms with E-state index in [9.17, 15) is 4.79 Å². The number of aryl methyl sites for hydroxylation is 1. The molecule has 0 unspecified atom stereocenters. The molecule has 26 heavy (non-hydrogen) atoms. The summed E-state index contributed by atoms with van der Waals surface area (Å²) in [6.07, 6.45) is 8.07. The van der Waals surface area contributed by atoms with Crippen LogP contribution in [-0.4, -0.2) is 44.3 Å². The van der Waals surface area contributed by atoms with Crippen molar-refractivity contribution in [3.63, 3.8) is 0 Å². The fourth-order valence-electron chi connectivity index (χ4n) is 2.76. The summed E-state index contributed by atoms with van der Waals surface area (Å²) in [5.41, 5.74) is 1.88. The number of imidazole rings is 1. The van der Waals surface area contributed by atoms with Gasteiger partial charge in [-0.3, -0.25) is 4.79 Å². The largest absolute Gasteiger partial charge is 0.497 e. The molecular formula is C19H23N5O2. The number of aromatic nitrogens is 4. The van der Waals surface area contributed by atoms with Crippen molar-refractivity contribution in [1.82, 2.24) is 24.2 Å². The lowest BCUT2D eigenvalue weighted by molar-refractivity contribution is -0.131. The number of carbonyl (C=O) groups excluding carboxylic acids is 1. The summed E-state index contributed by atoms with van der Waals surface area (Å²) in [6.45, 7) is 2.82. The van der Waals surface area contributed by atoms with Crippen molar-refractivity contribution in [2.24, 2.45) is 0 Å². The van der Waals surface area contributed by atoms with Crippen LogP contribution in [-0.2, 0) is 24.3 Å². The van der Waals surface area contributed by atoms with Crippen LogP contribution >= 0.6 is 0 Å². The average molecular weight is 353 g/mol. The van der Waals surface area contributed by atoms with Crippen molar-refractivity contribution in [3.8, 4) is 11.4 Å². The van der Waals surface area contributed by atoms with E-state index in [0.717, 1.165) is 29.2 Å². The van der Waals surface area contributed by atoms with Crippen molar-refractivity contribution in [1.29, 1.82) is 0 Å². The van der Waals surface area contributed by atoms with Gasteiger partial charge in [0.1, 0.15) is 18.1 Å². The summed E-state index contributed by atoms with van der Waals surface area (Å²) in [5.74, 6) is 1.73. The van der Waals surface area contributed by atoms with Crippen molar-refractivity contribution in [2.45, 2.75) is 26.4 Å². The standard InChI is InChI=1S/C19H23N5O2/c1-4-18-20-8-9-23(18)14-19(25)22(2)12-15-11-21-24(13-15)16-6-5-7-17(10-16)26-3/h5-11,13H,4,12,14H2,1-3H3. The minimum absolute atomic E-state index is 0.0341. The van der Waals surface area contributed by atoms with E-state index in [4.69, 9.17) is 4.74 Å². The second-order valence-corrected chi connectivity index (χ2v) is 6.07. The number of hydrogen-bond donors (Lipinski definition) is 0. The summed E-state index contributed by atoms with van der Waals surface area (Å²) >= 11 is 0. The predicted octanol–water partition coefficient (Wildman–Crippen LogP) is 2.30. The van der Waals surface area contributed by atoms with E-state index in [1.54, 1.807) is 36.1 Å². The Kier molecular flexibility index (Phi) is 5.36. The first kappa shape index (κ1) is 17.7. The van der Waals surface area contributed by atoms with E-state index in [0.29, 0.717) is 13.1 Å². The van der Waals surface area contributed by atoms with Gasteiger partial charge in [-0.15, -0.1) is 0 Å². The van der Waals surface area contributed by atoms with Gasteiger partial charge in [-0.25, -0.2) is 9.67 Å². The Bertz CT molecular complexity index is 883. The van der Waals surface area contributed by atoms with E-state index in [1.165, 1.54) is 0 Å². The molecule has 0 bridgehead atoms. The molecule has 3 rings (SSSR count). The Hall–Kier alpha value is -3.09. The fourth-order valence-corrected chi connectivity index (χ4v) is 2.76. The van der Waals surface area contributed by atoms with Crippen LogP contribution in [0, 0.1) is 0 Å². The van der Waals surface area contributed by atoms with Crippen LogP contribution < -0.4 is 4.74 Å². The van der Waals surface area contributed by atoms with Gasteiger partial charge in [0.15, 0.2) is 0 Å². The molecule has 0 fully saturated rings. The molecule has 2 aromatic heterocycles. The van der Waals surface area contributed by atoms with Crippen LogP contribution in [0.15, 0.2) is 49.1 Å². The number of methoxy groups -OCH3 is 1. The lowest BCUT2D eigenvalue weighted by Gasteiger charge is -2.17. The first-order chi connectivity index (χ1) is 12.6. The van der Waals surface area contributed by atoms with E-state index in [2.05, 4.69) is 10.1 Å². The monoisotopic (exact) mass is 353 g/mol. The Morgan fingerprint density at radius 3 is 2.96 bits per heavy atom. The van der Waals surface area contributed by atoms with E-state index in [1.807, 2.05) is 48.1 Å². The molecule has 0 atom stereocenters. The van der Waals surface area contributed by atoms with Crippen molar-refractivity contribution in [2.75, 3.05) is 14.2 Å². The molecule has 0 radical (unpaired) electrons. The average Bonchev–Trinajstić information content (AvgIpc) is 3.30. The van der Waals surface area contributed by atoms with Gasteiger partial charge in [0.2, 0.25) is 5.91 Å². The molecule has 7 nitrogen and oxygen atoms in total. The highest BCUT2D eigenvalue weighted by atomic mass is 16.5. The molecule has 7 heteroatoms. The molecule has 0 aliphatic rings.